The fraction of sp³-hybridized carbons (Fsp3) is 0.176. The molecule has 0 fully saturated rings. The summed E-state index contributed by atoms with van der Waals surface area (Å²) in [5, 5.41) is 0.907. The van der Waals surface area contributed by atoms with Crippen molar-refractivity contribution in [2.45, 2.75) is 0 Å². The third kappa shape index (κ3) is 3.34. The number of carbonyl (C=O) groups is 1. The van der Waals surface area contributed by atoms with Crippen LogP contribution in [0.4, 0.5) is 0 Å². The van der Waals surface area contributed by atoms with Crippen molar-refractivity contribution in [2.24, 2.45) is 7.05 Å². The van der Waals surface area contributed by atoms with Gasteiger partial charge in [-0.1, -0.05) is 6.07 Å². The largest absolute Gasteiger partial charge is 0.481 e. The predicted octanol–water partition coefficient (Wildman–Crippen LogP) is 1.94. The van der Waals surface area contributed by atoms with Crippen LogP contribution in [0, 0.1) is 0 Å². The number of ether oxygens (including phenoxy) is 1. The van der Waals surface area contributed by atoms with Gasteiger partial charge in [0.1, 0.15) is 0 Å². The van der Waals surface area contributed by atoms with E-state index in [1.807, 2.05) is 34.7 Å². The number of nitrogens with zero attached hydrogens (tertiary/aromatic N) is 2. The van der Waals surface area contributed by atoms with Crippen LogP contribution in [0.3, 0.4) is 0 Å². The van der Waals surface area contributed by atoms with E-state index in [9.17, 15) is 13.2 Å². The molecule has 0 aliphatic heterocycles. The van der Waals surface area contributed by atoms with Crippen molar-refractivity contribution < 1.29 is 17.9 Å². The van der Waals surface area contributed by atoms with E-state index in [2.05, 4.69) is 4.98 Å². The molecule has 0 bridgehead atoms. The average Bonchev–Trinajstić information content (AvgIpc) is 2.89. The lowest BCUT2D eigenvalue weighted by atomic mass is 10.0. The Hall–Kier alpha value is -2.87. The molecule has 0 aliphatic rings. The van der Waals surface area contributed by atoms with Gasteiger partial charge in [-0.25, -0.2) is 18.1 Å². The van der Waals surface area contributed by atoms with Crippen LogP contribution in [-0.4, -0.2) is 37.2 Å². The zero-order valence-electron chi connectivity index (χ0n) is 14.0. The molecular formula is C17H17N3O4S. The maximum atomic E-state index is 12.1. The Balaban J connectivity index is 2.12. The monoisotopic (exact) mass is 359 g/mol. The van der Waals surface area contributed by atoms with Crippen LogP contribution < -0.4 is 9.46 Å². The van der Waals surface area contributed by atoms with Crippen molar-refractivity contribution in [3.63, 3.8) is 0 Å². The summed E-state index contributed by atoms with van der Waals surface area (Å²) in [6.07, 6.45) is 4.52. The van der Waals surface area contributed by atoms with Gasteiger partial charge in [-0.3, -0.25) is 4.79 Å². The van der Waals surface area contributed by atoms with Crippen LogP contribution >= 0.6 is 0 Å². The van der Waals surface area contributed by atoms with Crippen molar-refractivity contribution in [3.05, 3.63) is 48.3 Å². The van der Waals surface area contributed by atoms with E-state index in [0.717, 1.165) is 28.3 Å². The molecule has 0 saturated heterocycles. The predicted molar refractivity (Wildman–Crippen MR) is 95.0 cm³/mol. The molecule has 0 aliphatic carbocycles. The maximum absolute atomic E-state index is 12.1. The third-order valence-electron chi connectivity index (χ3n) is 3.79. The van der Waals surface area contributed by atoms with Gasteiger partial charge in [-0.05, 0) is 24.3 Å². The van der Waals surface area contributed by atoms with Crippen molar-refractivity contribution >= 4 is 26.8 Å². The lowest BCUT2D eigenvalue weighted by Gasteiger charge is -2.06. The summed E-state index contributed by atoms with van der Waals surface area (Å²) in [5.41, 5.74) is 2.81. The molecule has 8 heteroatoms. The lowest BCUT2D eigenvalue weighted by Crippen LogP contribution is -2.29. The third-order valence-corrected chi connectivity index (χ3v) is 4.34. The van der Waals surface area contributed by atoms with Crippen molar-refractivity contribution in [2.75, 3.05) is 13.4 Å². The van der Waals surface area contributed by atoms with E-state index in [0.29, 0.717) is 5.88 Å². The highest BCUT2D eigenvalue weighted by molar-refractivity contribution is 7.89. The van der Waals surface area contributed by atoms with Gasteiger partial charge in [0.05, 0.1) is 13.4 Å². The molecule has 130 valence electrons. The first-order valence-electron chi connectivity index (χ1n) is 7.41. The Bertz CT molecular complexity index is 1070. The number of nitrogens with one attached hydrogen (secondary N) is 1. The summed E-state index contributed by atoms with van der Waals surface area (Å²) in [7, 11) is -0.199. The number of aryl methyl sites for hydroxylation is 1. The first-order valence-corrected chi connectivity index (χ1v) is 9.30. The van der Waals surface area contributed by atoms with Crippen molar-refractivity contribution in [3.8, 4) is 17.0 Å². The van der Waals surface area contributed by atoms with E-state index < -0.39 is 15.9 Å². The number of hydrogen-bond acceptors (Lipinski definition) is 5. The highest BCUT2D eigenvalue weighted by Crippen LogP contribution is 2.35. The Labute approximate surface area is 145 Å². The van der Waals surface area contributed by atoms with Crippen LogP contribution in [0.25, 0.3) is 22.0 Å². The number of aromatic nitrogens is 2. The number of hydrogen-bond donors (Lipinski definition) is 1. The molecular weight excluding hydrogens is 342 g/mol. The van der Waals surface area contributed by atoms with Gasteiger partial charge in [-0.15, -0.1) is 0 Å². The number of amides is 1. The molecule has 1 N–H and O–H groups in total. The smallest absolute Gasteiger partial charge is 0.264 e. The molecule has 2 heterocycles. The van der Waals surface area contributed by atoms with Gasteiger partial charge < -0.3 is 9.30 Å². The molecule has 0 spiro atoms. The summed E-state index contributed by atoms with van der Waals surface area (Å²) in [6.45, 7) is 0. The number of rotatable bonds is 4. The van der Waals surface area contributed by atoms with Crippen LogP contribution in [-0.2, 0) is 17.1 Å². The van der Waals surface area contributed by atoms with Crippen LogP contribution in [0.1, 0.15) is 10.4 Å². The van der Waals surface area contributed by atoms with E-state index in [4.69, 9.17) is 4.74 Å². The van der Waals surface area contributed by atoms with E-state index >= 15 is 0 Å². The highest BCUT2D eigenvalue weighted by Gasteiger charge is 2.16. The zero-order valence-corrected chi connectivity index (χ0v) is 14.8. The Morgan fingerprint density at radius 1 is 1.24 bits per heavy atom. The van der Waals surface area contributed by atoms with Gasteiger partial charge in [0.15, 0.2) is 0 Å². The standard InChI is InChI=1S/C17H17N3O4S/c1-20-10-14(13-5-4-8-18-17(13)24-2)12-7-6-11(9-15(12)20)16(21)19-25(3,22)23/h4-10H,1-3H3,(H,19,21). The second-order valence-electron chi connectivity index (χ2n) is 5.65. The number of fused-ring (bicyclic) bond motifs is 1. The van der Waals surface area contributed by atoms with Gasteiger partial charge >= 0.3 is 0 Å². The Morgan fingerprint density at radius 3 is 2.68 bits per heavy atom. The van der Waals surface area contributed by atoms with Crippen LogP contribution in [0.5, 0.6) is 5.88 Å². The zero-order chi connectivity index (χ0) is 18.2. The summed E-state index contributed by atoms with van der Waals surface area (Å²) in [5.74, 6) is -0.153. The number of methoxy groups -OCH3 is 1. The van der Waals surface area contributed by atoms with Crippen molar-refractivity contribution in [1.29, 1.82) is 0 Å². The molecule has 2 aromatic heterocycles. The lowest BCUT2D eigenvalue weighted by molar-refractivity contribution is 0.0982. The van der Waals surface area contributed by atoms with Gasteiger partial charge in [-0.2, -0.15) is 0 Å². The van der Waals surface area contributed by atoms with E-state index in [1.165, 1.54) is 0 Å². The number of sulfonamides is 1. The molecule has 1 amide bonds. The minimum absolute atomic E-state index is 0.267. The molecule has 25 heavy (non-hydrogen) atoms. The molecule has 0 unspecified atom stereocenters. The number of benzene rings is 1. The molecule has 0 saturated carbocycles. The molecule has 1 aromatic carbocycles. The van der Waals surface area contributed by atoms with Gasteiger partial charge in [0.25, 0.3) is 5.91 Å². The van der Waals surface area contributed by atoms with Crippen molar-refractivity contribution in [1.82, 2.24) is 14.3 Å². The van der Waals surface area contributed by atoms with Gasteiger partial charge in [0, 0.05) is 47.0 Å². The molecule has 3 rings (SSSR count). The topological polar surface area (TPSA) is 90.3 Å². The average molecular weight is 359 g/mol. The Kier molecular flexibility index (Phi) is 4.22. The summed E-state index contributed by atoms with van der Waals surface area (Å²) < 4.78 is 31.7. The fourth-order valence-electron chi connectivity index (χ4n) is 2.73. The second kappa shape index (κ2) is 6.21. The molecule has 0 atom stereocenters. The maximum Gasteiger partial charge on any atom is 0.264 e. The Morgan fingerprint density at radius 2 is 2.00 bits per heavy atom. The fourth-order valence-corrected chi connectivity index (χ4v) is 3.18. The first-order chi connectivity index (χ1) is 11.8. The number of pyridine rings is 1. The number of carbonyl (C=O) groups excluding carboxylic acids is 1. The second-order valence-corrected chi connectivity index (χ2v) is 7.40. The molecule has 0 radical (unpaired) electrons. The molecule has 7 nitrogen and oxygen atoms in total. The van der Waals surface area contributed by atoms with Gasteiger partial charge in [0.2, 0.25) is 15.9 Å². The SMILES string of the molecule is COc1ncccc1-c1cn(C)c2cc(C(=O)NS(C)(=O)=O)ccc12. The van der Waals surface area contributed by atoms with E-state index in [-0.39, 0.29) is 5.56 Å². The quantitative estimate of drug-likeness (QED) is 0.769. The summed E-state index contributed by atoms with van der Waals surface area (Å²) >= 11 is 0. The minimum Gasteiger partial charge on any atom is -0.481 e. The summed E-state index contributed by atoms with van der Waals surface area (Å²) in [6, 6.07) is 8.77. The molecule has 3 aromatic rings. The van der Waals surface area contributed by atoms with Crippen LogP contribution in [0.15, 0.2) is 42.7 Å². The summed E-state index contributed by atoms with van der Waals surface area (Å²) in [4.78, 5) is 16.3. The van der Waals surface area contributed by atoms with E-state index in [1.54, 1.807) is 31.5 Å². The van der Waals surface area contributed by atoms with Crippen LogP contribution in [0.2, 0.25) is 0 Å². The first kappa shape index (κ1) is 17.0. The normalized spacial score (nSPS) is 11.5. The minimum atomic E-state index is -3.61. The highest BCUT2D eigenvalue weighted by atomic mass is 32.2.